The molecule has 112 valence electrons. The second kappa shape index (κ2) is 11.5. The van der Waals surface area contributed by atoms with E-state index in [0.717, 1.165) is 19.4 Å². The molecule has 19 heavy (non-hydrogen) atoms. The molecule has 0 aromatic heterocycles. The Morgan fingerprint density at radius 2 is 1.95 bits per heavy atom. The second-order valence-corrected chi connectivity index (χ2v) is 5.55. The summed E-state index contributed by atoms with van der Waals surface area (Å²) in [5, 5.41) is 0. The number of hydrogen-bond donors (Lipinski definition) is 0. The lowest BCUT2D eigenvalue weighted by Crippen LogP contribution is -2.27. The van der Waals surface area contributed by atoms with Crippen LogP contribution < -0.4 is 0 Å². The van der Waals surface area contributed by atoms with Gasteiger partial charge in [-0.1, -0.05) is 57.6 Å². The number of hydrogen-bond acceptors (Lipinski definition) is 2. The van der Waals surface area contributed by atoms with E-state index in [-0.39, 0.29) is 12.4 Å². The van der Waals surface area contributed by atoms with Crippen LogP contribution in [0.2, 0.25) is 0 Å². The van der Waals surface area contributed by atoms with Crippen molar-refractivity contribution in [3.63, 3.8) is 0 Å². The maximum atomic E-state index is 6.05. The van der Waals surface area contributed by atoms with Crippen molar-refractivity contribution >= 4 is 0 Å². The van der Waals surface area contributed by atoms with Gasteiger partial charge in [-0.15, -0.1) is 0 Å². The van der Waals surface area contributed by atoms with Gasteiger partial charge in [0, 0.05) is 6.61 Å². The molecule has 2 atom stereocenters. The molecule has 1 rings (SSSR count). The third-order valence-electron chi connectivity index (χ3n) is 3.71. The molecular formula is C17H32O2. The molecule has 0 bridgehead atoms. The monoisotopic (exact) mass is 268 g/mol. The Balaban J connectivity index is 2.13. The van der Waals surface area contributed by atoms with E-state index in [9.17, 15) is 0 Å². The van der Waals surface area contributed by atoms with Crippen molar-refractivity contribution in [2.24, 2.45) is 0 Å². The fourth-order valence-corrected chi connectivity index (χ4v) is 2.56. The van der Waals surface area contributed by atoms with Gasteiger partial charge in [0.15, 0.2) is 6.29 Å². The lowest BCUT2D eigenvalue weighted by Gasteiger charge is -2.26. The van der Waals surface area contributed by atoms with E-state index in [4.69, 9.17) is 9.47 Å². The van der Waals surface area contributed by atoms with Crippen LogP contribution in [0.5, 0.6) is 0 Å². The van der Waals surface area contributed by atoms with Gasteiger partial charge in [-0.05, 0) is 32.6 Å². The molecular weight excluding hydrogens is 236 g/mol. The van der Waals surface area contributed by atoms with Crippen LogP contribution >= 0.6 is 0 Å². The third-order valence-corrected chi connectivity index (χ3v) is 3.71. The number of unbranched alkanes of at least 4 members (excludes halogenated alkanes) is 5. The fourth-order valence-electron chi connectivity index (χ4n) is 2.56. The lowest BCUT2D eigenvalue weighted by atomic mass is 10.1. The molecule has 0 N–H and O–H groups in total. The highest BCUT2D eigenvalue weighted by Gasteiger charge is 2.17. The Morgan fingerprint density at radius 3 is 2.63 bits per heavy atom. The molecule has 0 radical (unpaired) electrons. The minimum absolute atomic E-state index is 0.0371. The molecule has 1 aliphatic rings. The molecule has 0 spiro atoms. The summed E-state index contributed by atoms with van der Waals surface area (Å²) >= 11 is 0. The van der Waals surface area contributed by atoms with Crippen LogP contribution in [0.15, 0.2) is 12.2 Å². The van der Waals surface area contributed by atoms with E-state index in [2.05, 4.69) is 26.0 Å². The van der Waals surface area contributed by atoms with Crippen molar-refractivity contribution in [1.29, 1.82) is 0 Å². The summed E-state index contributed by atoms with van der Waals surface area (Å²) in [7, 11) is 0. The first-order valence-corrected chi connectivity index (χ1v) is 8.26. The van der Waals surface area contributed by atoms with Gasteiger partial charge in [0.1, 0.15) is 0 Å². The summed E-state index contributed by atoms with van der Waals surface area (Å²) in [4.78, 5) is 0. The average Bonchev–Trinajstić information content (AvgIpc) is 2.44. The largest absolute Gasteiger partial charge is 0.353 e. The zero-order chi connectivity index (χ0) is 13.8. The molecule has 0 saturated carbocycles. The van der Waals surface area contributed by atoms with Gasteiger partial charge < -0.3 is 9.47 Å². The smallest absolute Gasteiger partial charge is 0.158 e. The van der Waals surface area contributed by atoms with Crippen LogP contribution in [0.4, 0.5) is 0 Å². The van der Waals surface area contributed by atoms with E-state index >= 15 is 0 Å². The van der Waals surface area contributed by atoms with Gasteiger partial charge in [0.2, 0.25) is 0 Å². The van der Waals surface area contributed by atoms with E-state index in [0.29, 0.717) is 0 Å². The fraction of sp³-hybridized carbons (Fsp3) is 0.882. The second-order valence-electron chi connectivity index (χ2n) is 5.55. The van der Waals surface area contributed by atoms with Crippen molar-refractivity contribution in [3.05, 3.63) is 12.2 Å². The Hall–Kier alpha value is -0.340. The van der Waals surface area contributed by atoms with E-state index in [1.54, 1.807) is 0 Å². The summed E-state index contributed by atoms with van der Waals surface area (Å²) in [6.45, 7) is 5.20. The van der Waals surface area contributed by atoms with Gasteiger partial charge in [-0.25, -0.2) is 0 Å². The first-order valence-electron chi connectivity index (χ1n) is 8.26. The zero-order valence-corrected chi connectivity index (χ0v) is 12.9. The van der Waals surface area contributed by atoms with Crippen LogP contribution in [0.3, 0.4) is 0 Å². The molecule has 0 amide bonds. The van der Waals surface area contributed by atoms with Crippen LogP contribution in [-0.2, 0) is 9.47 Å². The molecule has 1 unspecified atom stereocenters. The highest BCUT2D eigenvalue weighted by atomic mass is 16.7. The molecule has 1 aliphatic heterocycles. The van der Waals surface area contributed by atoms with Crippen molar-refractivity contribution in [3.8, 4) is 0 Å². The normalized spacial score (nSPS) is 21.9. The van der Waals surface area contributed by atoms with Crippen LogP contribution in [0.1, 0.15) is 78.1 Å². The van der Waals surface area contributed by atoms with Crippen molar-refractivity contribution in [1.82, 2.24) is 0 Å². The standard InChI is InChI=1S/C17H32O2/c1-3-5-6-7-8-9-13-16(12-4-2)19-17-14-10-11-15-18-17/h4,12,16-17H,3,5-11,13-15H2,1-2H3/b12-4+/t16-,17?/m0/s1. The summed E-state index contributed by atoms with van der Waals surface area (Å²) in [5.41, 5.74) is 0. The van der Waals surface area contributed by atoms with Gasteiger partial charge in [-0.2, -0.15) is 0 Å². The summed E-state index contributed by atoms with van der Waals surface area (Å²) < 4.78 is 11.7. The Bertz CT molecular complexity index is 219. The van der Waals surface area contributed by atoms with Gasteiger partial charge in [0.05, 0.1) is 6.10 Å². The molecule has 1 heterocycles. The summed E-state index contributed by atoms with van der Waals surface area (Å²) in [6, 6.07) is 0. The van der Waals surface area contributed by atoms with Gasteiger partial charge in [0.25, 0.3) is 0 Å². The zero-order valence-electron chi connectivity index (χ0n) is 12.9. The maximum Gasteiger partial charge on any atom is 0.158 e. The number of allylic oxidation sites excluding steroid dienone is 1. The number of rotatable bonds is 10. The molecule has 2 nitrogen and oxygen atoms in total. The predicted molar refractivity (Wildman–Crippen MR) is 81.3 cm³/mol. The van der Waals surface area contributed by atoms with Gasteiger partial charge >= 0.3 is 0 Å². The SMILES string of the molecule is C/C=C/[C@@H](CCCCCCCC)OC1CCCCO1. The molecule has 0 aromatic rings. The maximum absolute atomic E-state index is 6.05. The van der Waals surface area contributed by atoms with Crippen LogP contribution in [0.25, 0.3) is 0 Å². The Morgan fingerprint density at radius 1 is 1.16 bits per heavy atom. The molecule has 1 fully saturated rings. The highest BCUT2D eigenvalue weighted by molar-refractivity contribution is 4.87. The van der Waals surface area contributed by atoms with E-state index in [1.165, 1.54) is 51.4 Å². The van der Waals surface area contributed by atoms with Crippen molar-refractivity contribution < 1.29 is 9.47 Å². The summed E-state index contributed by atoms with van der Waals surface area (Å²) in [5.74, 6) is 0. The minimum Gasteiger partial charge on any atom is -0.353 e. The quantitative estimate of drug-likeness (QED) is 0.399. The van der Waals surface area contributed by atoms with Crippen LogP contribution in [-0.4, -0.2) is 19.0 Å². The van der Waals surface area contributed by atoms with E-state index in [1.807, 2.05) is 0 Å². The minimum atomic E-state index is 0.0371. The average molecular weight is 268 g/mol. The Labute approximate surface area is 119 Å². The molecule has 1 saturated heterocycles. The third kappa shape index (κ3) is 8.43. The topological polar surface area (TPSA) is 18.5 Å². The van der Waals surface area contributed by atoms with Crippen molar-refractivity contribution in [2.45, 2.75) is 90.4 Å². The van der Waals surface area contributed by atoms with Crippen molar-refractivity contribution in [2.75, 3.05) is 6.61 Å². The summed E-state index contributed by atoms with van der Waals surface area (Å²) in [6.07, 6.45) is 17.3. The predicted octanol–water partition coefficient (Wildman–Crippen LogP) is 5.22. The number of ether oxygens (including phenoxy) is 2. The molecule has 2 heteroatoms. The molecule has 0 aromatic carbocycles. The van der Waals surface area contributed by atoms with Gasteiger partial charge in [-0.3, -0.25) is 0 Å². The lowest BCUT2D eigenvalue weighted by molar-refractivity contribution is -0.179. The van der Waals surface area contributed by atoms with E-state index < -0.39 is 0 Å². The first kappa shape index (κ1) is 16.7. The Kier molecular flexibility index (Phi) is 10.1. The highest BCUT2D eigenvalue weighted by Crippen LogP contribution is 2.19. The van der Waals surface area contributed by atoms with Crippen LogP contribution in [0, 0.1) is 0 Å². The molecule has 0 aliphatic carbocycles. The first-order chi connectivity index (χ1) is 9.36.